The van der Waals surface area contributed by atoms with Crippen LogP contribution in [0.5, 0.6) is 0 Å². The Hall–Kier alpha value is -1.35. The second kappa shape index (κ2) is 5.57. The third-order valence-corrected chi connectivity index (χ3v) is 4.72. The zero-order valence-electron chi connectivity index (χ0n) is 12.5. The highest BCUT2D eigenvalue weighted by Gasteiger charge is 2.25. The van der Waals surface area contributed by atoms with E-state index in [0.29, 0.717) is 11.8 Å². The zero-order chi connectivity index (χ0) is 14.1. The number of imidazole rings is 1. The van der Waals surface area contributed by atoms with Gasteiger partial charge in [0.2, 0.25) is 0 Å². The summed E-state index contributed by atoms with van der Waals surface area (Å²) in [5, 5.41) is 0. The fourth-order valence-corrected chi connectivity index (χ4v) is 3.51. The van der Waals surface area contributed by atoms with Crippen molar-refractivity contribution in [3.8, 4) is 0 Å². The van der Waals surface area contributed by atoms with Gasteiger partial charge < -0.3 is 10.7 Å². The number of hydrogen-bond acceptors (Lipinski definition) is 2. The van der Waals surface area contributed by atoms with Crippen LogP contribution in [-0.2, 0) is 0 Å². The van der Waals surface area contributed by atoms with E-state index in [1.54, 1.807) is 0 Å². The van der Waals surface area contributed by atoms with E-state index in [1.165, 1.54) is 31.2 Å². The van der Waals surface area contributed by atoms with E-state index in [9.17, 15) is 0 Å². The van der Waals surface area contributed by atoms with Crippen molar-refractivity contribution in [1.29, 1.82) is 0 Å². The van der Waals surface area contributed by atoms with E-state index in [-0.39, 0.29) is 0 Å². The quantitative estimate of drug-likeness (QED) is 0.885. The molecular weight excluding hydrogens is 246 g/mol. The van der Waals surface area contributed by atoms with E-state index >= 15 is 0 Å². The lowest BCUT2D eigenvalue weighted by atomic mass is 9.85. The molecule has 1 saturated carbocycles. The number of benzene rings is 1. The van der Waals surface area contributed by atoms with Crippen molar-refractivity contribution in [2.45, 2.75) is 51.4 Å². The van der Waals surface area contributed by atoms with Gasteiger partial charge in [-0.2, -0.15) is 0 Å². The maximum absolute atomic E-state index is 6.06. The first-order valence-electron chi connectivity index (χ1n) is 7.88. The topological polar surface area (TPSA) is 54.7 Å². The molecule has 1 aromatic carbocycles. The molecule has 0 spiro atoms. The predicted octanol–water partition coefficient (Wildman–Crippen LogP) is 3.92. The van der Waals surface area contributed by atoms with Crippen LogP contribution in [0, 0.1) is 5.92 Å². The Kier molecular flexibility index (Phi) is 3.79. The van der Waals surface area contributed by atoms with Crippen LogP contribution < -0.4 is 5.73 Å². The minimum absolute atomic E-state index is 0.436. The average Bonchev–Trinajstić information content (AvgIpc) is 3.07. The summed E-state index contributed by atoms with van der Waals surface area (Å²) in [5.74, 6) is 2.78. The van der Waals surface area contributed by atoms with Crippen molar-refractivity contribution in [3.63, 3.8) is 0 Å². The van der Waals surface area contributed by atoms with Gasteiger partial charge in [-0.05, 0) is 48.9 Å². The number of hydrogen-bond donors (Lipinski definition) is 2. The molecule has 1 aromatic heterocycles. The number of fused-ring (bicyclic) bond motifs is 1. The van der Waals surface area contributed by atoms with Crippen molar-refractivity contribution in [2.75, 3.05) is 6.54 Å². The molecule has 3 rings (SSSR count). The Morgan fingerprint density at radius 1 is 1.30 bits per heavy atom. The Balaban J connectivity index is 1.94. The number of H-pyrrole nitrogens is 1. The minimum atomic E-state index is 0.436. The van der Waals surface area contributed by atoms with Gasteiger partial charge in [-0.25, -0.2) is 4.98 Å². The summed E-state index contributed by atoms with van der Waals surface area (Å²) in [6.07, 6.45) is 5.40. The molecule has 1 aliphatic rings. The molecule has 0 amide bonds. The average molecular weight is 271 g/mol. The second-order valence-corrected chi connectivity index (χ2v) is 6.44. The zero-order valence-corrected chi connectivity index (χ0v) is 12.5. The monoisotopic (exact) mass is 271 g/mol. The molecule has 0 bridgehead atoms. The van der Waals surface area contributed by atoms with Crippen molar-refractivity contribution in [1.82, 2.24) is 9.97 Å². The van der Waals surface area contributed by atoms with Crippen molar-refractivity contribution < 1.29 is 0 Å². The van der Waals surface area contributed by atoms with Crippen LogP contribution in [-0.4, -0.2) is 16.5 Å². The van der Waals surface area contributed by atoms with Crippen molar-refractivity contribution in [2.24, 2.45) is 11.7 Å². The van der Waals surface area contributed by atoms with E-state index in [2.05, 4.69) is 42.0 Å². The van der Waals surface area contributed by atoms with Crippen LogP contribution in [0.3, 0.4) is 0 Å². The number of aromatic nitrogens is 2. The summed E-state index contributed by atoms with van der Waals surface area (Å²) in [4.78, 5) is 8.10. The summed E-state index contributed by atoms with van der Waals surface area (Å²) >= 11 is 0. The van der Waals surface area contributed by atoms with E-state index < -0.39 is 0 Å². The molecule has 1 unspecified atom stereocenters. The molecule has 20 heavy (non-hydrogen) atoms. The highest BCUT2D eigenvalue weighted by atomic mass is 14.9. The molecule has 1 fully saturated rings. The SMILES string of the molecule is CC(C)c1nc2ccc(C(CN)C3CCCC3)cc2[nH]1. The van der Waals surface area contributed by atoms with Gasteiger partial charge in [0.25, 0.3) is 0 Å². The number of nitrogens with one attached hydrogen (secondary N) is 1. The van der Waals surface area contributed by atoms with Gasteiger partial charge in [-0.3, -0.25) is 0 Å². The van der Waals surface area contributed by atoms with Crippen LogP contribution >= 0.6 is 0 Å². The molecule has 1 atom stereocenters. The smallest absolute Gasteiger partial charge is 0.109 e. The Bertz CT molecular complexity index is 579. The largest absolute Gasteiger partial charge is 0.342 e. The lowest BCUT2D eigenvalue weighted by Crippen LogP contribution is -2.19. The third-order valence-electron chi connectivity index (χ3n) is 4.72. The minimum Gasteiger partial charge on any atom is -0.342 e. The summed E-state index contributed by atoms with van der Waals surface area (Å²) in [6, 6.07) is 6.64. The van der Waals surface area contributed by atoms with Gasteiger partial charge in [-0.1, -0.05) is 32.8 Å². The highest BCUT2D eigenvalue weighted by Crippen LogP contribution is 2.37. The van der Waals surface area contributed by atoms with E-state index in [4.69, 9.17) is 5.73 Å². The summed E-state index contributed by atoms with van der Waals surface area (Å²) in [7, 11) is 0. The van der Waals surface area contributed by atoms with Crippen LogP contribution in [0.4, 0.5) is 0 Å². The lowest BCUT2D eigenvalue weighted by Gasteiger charge is -2.22. The summed E-state index contributed by atoms with van der Waals surface area (Å²) in [6.45, 7) is 5.08. The van der Waals surface area contributed by atoms with Crippen molar-refractivity contribution in [3.05, 3.63) is 29.6 Å². The molecule has 3 nitrogen and oxygen atoms in total. The molecule has 0 aliphatic heterocycles. The van der Waals surface area contributed by atoms with E-state index in [0.717, 1.165) is 29.3 Å². The molecule has 108 valence electrons. The first-order valence-corrected chi connectivity index (χ1v) is 7.88. The summed E-state index contributed by atoms with van der Waals surface area (Å²) in [5.41, 5.74) is 9.66. The fraction of sp³-hybridized carbons (Fsp3) is 0.588. The molecule has 0 radical (unpaired) electrons. The maximum atomic E-state index is 6.06. The van der Waals surface area contributed by atoms with Crippen LogP contribution in [0.15, 0.2) is 18.2 Å². The Morgan fingerprint density at radius 2 is 2.05 bits per heavy atom. The first-order chi connectivity index (χ1) is 9.69. The van der Waals surface area contributed by atoms with Gasteiger partial charge >= 0.3 is 0 Å². The van der Waals surface area contributed by atoms with Gasteiger partial charge in [0.05, 0.1) is 11.0 Å². The maximum Gasteiger partial charge on any atom is 0.109 e. The fourth-order valence-electron chi connectivity index (χ4n) is 3.51. The molecule has 3 N–H and O–H groups in total. The number of rotatable bonds is 4. The van der Waals surface area contributed by atoms with Gasteiger partial charge in [0.15, 0.2) is 0 Å². The molecule has 1 aliphatic carbocycles. The lowest BCUT2D eigenvalue weighted by molar-refractivity contribution is 0.440. The van der Waals surface area contributed by atoms with Crippen LogP contribution in [0.1, 0.15) is 62.8 Å². The van der Waals surface area contributed by atoms with Gasteiger partial charge in [0, 0.05) is 5.92 Å². The predicted molar refractivity (Wildman–Crippen MR) is 83.9 cm³/mol. The second-order valence-electron chi connectivity index (χ2n) is 6.44. The number of nitrogens with zero attached hydrogens (tertiary/aromatic N) is 1. The third kappa shape index (κ3) is 2.47. The van der Waals surface area contributed by atoms with Crippen LogP contribution in [0.2, 0.25) is 0 Å². The van der Waals surface area contributed by atoms with Crippen molar-refractivity contribution >= 4 is 11.0 Å². The molecule has 2 aromatic rings. The summed E-state index contributed by atoms with van der Waals surface area (Å²) < 4.78 is 0. The number of nitrogens with two attached hydrogens (primary N) is 1. The van der Waals surface area contributed by atoms with Gasteiger partial charge in [-0.15, -0.1) is 0 Å². The molecule has 0 saturated heterocycles. The standard InChI is InChI=1S/C17H25N3/c1-11(2)17-19-15-8-7-13(9-16(15)20-17)14(10-18)12-5-3-4-6-12/h7-9,11-12,14H,3-6,10,18H2,1-2H3,(H,19,20). The normalized spacial score (nSPS) is 18.2. The van der Waals surface area contributed by atoms with E-state index in [1.807, 2.05) is 0 Å². The Labute approximate surface area is 121 Å². The highest BCUT2D eigenvalue weighted by molar-refractivity contribution is 5.76. The molecular formula is C17H25N3. The first kappa shape index (κ1) is 13.6. The molecule has 3 heteroatoms. The Morgan fingerprint density at radius 3 is 2.70 bits per heavy atom. The molecule has 1 heterocycles. The number of aromatic amines is 1. The van der Waals surface area contributed by atoms with Gasteiger partial charge in [0.1, 0.15) is 5.82 Å². The van der Waals surface area contributed by atoms with Crippen LogP contribution in [0.25, 0.3) is 11.0 Å².